The van der Waals surface area contributed by atoms with Crippen molar-refractivity contribution in [2.75, 3.05) is 0 Å². The van der Waals surface area contributed by atoms with Crippen molar-refractivity contribution in [2.45, 2.75) is 51.7 Å². The monoisotopic (exact) mass is 306 g/mol. The van der Waals surface area contributed by atoms with Crippen molar-refractivity contribution in [3.8, 4) is 0 Å². The first-order valence-electron chi connectivity index (χ1n) is 7.17. The van der Waals surface area contributed by atoms with Crippen molar-refractivity contribution >= 4 is 0 Å². The summed E-state index contributed by atoms with van der Waals surface area (Å²) in [4.78, 5) is 0. The maximum Gasteiger partial charge on any atom is 0.419 e. The lowest BCUT2D eigenvalue weighted by atomic mass is 9.86. The Morgan fingerprint density at radius 3 is 2.14 bits per heavy atom. The van der Waals surface area contributed by atoms with Gasteiger partial charge in [0, 0.05) is 6.04 Å². The summed E-state index contributed by atoms with van der Waals surface area (Å²) in [5.41, 5.74) is 1.73. The molecule has 0 aliphatic heterocycles. The first kappa shape index (κ1) is 17.9. The molecule has 1 aromatic carbocycles. The summed E-state index contributed by atoms with van der Waals surface area (Å²) in [5, 5.41) is 0. The predicted octanol–water partition coefficient (Wildman–Crippen LogP) is 4.57. The average molecular weight is 306 g/mol. The van der Waals surface area contributed by atoms with Crippen LogP contribution in [0, 0.1) is 11.7 Å². The van der Waals surface area contributed by atoms with Crippen LogP contribution in [0.3, 0.4) is 0 Å². The van der Waals surface area contributed by atoms with Crippen molar-refractivity contribution < 1.29 is 17.6 Å². The highest BCUT2D eigenvalue weighted by atomic mass is 19.4. The molecule has 1 unspecified atom stereocenters. The quantitative estimate of drug-likeness (QED) is 0.440. The van der Waals surface area contributed by atoms with Gasteiger partial charge in [-0.2, -0.15) is 13.2 Å². The molecule has 6 heteroatoms. The van der Waals surface area contributed by atoms with E-state index in [1.165, 1.54) is 6.07 Å². The van der Waals surface area contributed by atoms with Gasteiger partial charge in [0.15, 0.2) is 0 Å². The van der Waals surface area contributed by atoms with Crippen molar-refractivity contribution in [2.24, 2.45) is 11.8 Å². The standard InChI is InChI=1S/C15H22F4N2/c1-3-5-10(6-4-2)14(21-20)11-7-8-13(16)12(9-11)15(17,18)19/h7-10,14,21H,3-6,20H2,1-2H3. The summed E-state index contributed by atoms with van der Waals surface area (Å²) in [6, 6.07) is 2.68. The van der Waals surface area contributed by atoms with Crippen molar-refractivity contribution in [1.29, 1.82) is 0 Å². The number of hydrazine groups is 1. The minimum absolute atomic E-state index is 0.122. The molecule has 1 rings (SSSR count). The van der Waals surface area contributed by atoms with Gasteiger partial charge in [-0.25, -0.2) is 4.39 Å². The van der Waals surface area contributed by atoms with E-state index in [1.54, 1.807) is 0 Å². The number of rotatable bonds is 7. The Morgan fingerprint density at radius 2 is 1.71 bits per heavy atom. The molecule has 120 valence electrons. The zero-order valence-electron chi connectivity index (χ0n) is 12.3. The maximum atomic E-state index is 13.4. The Hall–Kier alpha value is -1.14. The van der Waals surface area contributed by atoms with E-state index in [-0.39, 0.29) is 5.92 Å². The summed E-state index contributed by atoms with van der Waals surface area (Å²) in [5.74, 6) is 4.40. The van der Waals surface area contributed by atoms with Crippen LogP contribution in [-0.2, 0) is 6.18 Å². The van der Waals surface area contributed by atoms with Crippen LogP contribution in [0.15, 0.2) is 18.2 Å². The molecule has 3 N–H and O–H groups in total. The smallest absolute Gasteiger partial charge is 0.271 e. The lowest BCUT2D eigenvalue weighted by Crippen LogP contribution is -2.34. The molecule has 0 heterocycles. The van der Waals surface area contributed by atoms with Crippen molar-refractivity contribution in [3.05, 3.63) is 35.1 Å². The molecule has 0 bridgehead atoms. The SMILES string of the molecule is CCCC(CCC)C(NN)c1ccc(F)c(C(F)(F)F)c1. The number of hydrogen-bond acceptors (Lipinski definition) is 2. The lowest BCUT2D eigenvalue weighted by molar-refractivity contribution is -0.140. The van der Waals surface area contributed by atoms with Gasteiger partial charge in [-0.3, -0.25) is 11.3 Å². The maximum absolute atomic E-state index is 13.4. The van der Waals surface area contributed by atoms with Gasteiger partial charge in [-0.15, -0.1) is 0 Å². The molecule has 0 amide bonds. The summed E-state index contributed by atoms with van der Waals surface area (Å²) in [6.07, 6.45) is -1.18. The fourth-order valence-electron chi connectivity index (χ4n) is 2.68. The number of benzene rings is 1. The van der Waals surface area contributed by atoms with Crippen LogP contribution in [0.25, 0.3) is 0 Å². The fraction of sp³-hybridized carbons (Fsp3) is 0.600. The zero-order chi connectivity index (χ0) is 16.0. The third-order valence-electron chi connectivity index (χ3n) is 3.62. The van der Waals surface area contributed by atoms with Crippen LogP contribution >= 0.6 is 0 Å². The van der Waals surface area contributed by atoms with E-state index < -0.39 is 23.6 Å². The molecule has 0 aliphatic rings. The first-order chi connectivity index (χ1) is 9.85. The van der Waals surface area contributed by atoms with Crippen LogP contribution in [-0.4, -0.2) is 0 Å². The third kappa shape index (κ3) is 4.68. The van der Waals surface area contributed by atoms with Gasteiger partial charge in [0.25, 0.3) is 0 Å². The molecule has 0 fully saturated rings. The molecular weight excluding hydrogens is 284 g/mol. The fourth-order valence-corrected chi connectivity index (χ4v) is 2.68. The predicted molar refractivity (Wildman–Crippen MR) is 74.8 cm³/mol. The highest BCUT2D eigenvalue weighted by Gasteiger charge is 2.35. The number of nitrogens with two attached hydrogens (primary N) is 1. The highest BCUT2D eigenvalue weighted by Crippen LogP contribution is 2.35. The summed E-state index contributed by atoms with van der Waals surface area (Å²) >= 11 is 0. The topological polar surface area (TPSA) is 38.0 Å². The Labute approximate surface area is 122 Å². The zero-order valence-corrected chi connectivity index (χ0v) is 12.3. The molecule has 0 aromatic heterocycles. The van der Waals surface area contributed by atoms with Crippen LogP contribution < -0.4 is 11.3 Å². The second-order valence-corrected chi connectivity index (χ2v) is 5.22. The largest absolute Gasteiger partial charge is 0.419 e. The lowest BCUT2D eigenvalue weighted by Gasteiger charge is -2.27. The minimum Gasteiger partial charge on any atom is -0.271 e. The Kier molecular flexibility index (Phi) is 6.61. The van der Waals surface area contributed by atoms with Crippen LogP contribution in [0.5, 0.6) is 0 Å². The minimum atomic E-state index is -4.70. The number of hydrogen-bond donors (Lipinski definition) is 2. The van der Waals surface area contributed by atoms with E-state index in [0.29, 0.717) is 5.56 Å². The van der Waals surface area contributed by atoms with E-state index in [4.69, 9.17) is 5.84 Å². The average Bonchev–Trinajstić information content (AvgIpc) is 2.40. The Balaban J connectivity index is 3.15. The van der Waals surface area contributed by atoms with E-state index in [0.717, 1.165) is 37.8 Å². The van der Waals surface area contributed by atoms with E-state index in [9.17, 15) is 17.6 Å². The van der Waals surface area contributed by atoms with Crippen LogP contribution in [0.2, 0.25) is 0 Å². The highest BCUT2D eigenvalue weighted by molar-refractivity contribution is 5.29. The summed E-state index contributed by atoms with van der Waals surface area (Å²) in [7, 11) is 0. The molecule has 1 aromatic rings. The number of nitrogens with one attached hydrogen (secondary N) is 1. The van der Waals surface area contributed by atoms with Gasteiger partial charge in [0.1, 0.15) is 5.82 Å². The summed E-state index contributed by atoms with van der Waals surface area (Å²) in [6.45, 7) is 4.03. The molecule has 0 radical (unpaired) electrons. The number of alkyl halides is 3. The van der Waals surface area contributed by atoms with Crippen LogP contribution in [0.4, 0.5) is 17.6 Å². The second kappa shape index (κ2) is 7.75. The van der Waals surface area contributed by atoms with E-state index in [2.05, 4.69) is 5.43 Å². The van der Waals surface area contributed by atoms with Gasteiger partial charge < -0.3 is 0 Å². The number of halogens is 4. The van der Waals surface area contributed by atoms with Crippen LogP contribution in [0.1, 0.15) is 56.7 Å². The second-order valence-electron chi connectivity index (χ2n) is 5.22. The molecular formula is C15H22F4N2. The molecule has 0 spiro atoms. The normalized spacial score (nSPS) is 13.7. The van der Waals surface area contributed by atoms with Gasteiger partial charge in [-0.05, 0) is 36.5 Å². The molecule has 0 saturated carbocycles. The molecule has 1 atom stereocenters. The first-order valence-corrected chi connectivity index (χ1v) is 7.17. The third-order valence-corrected chi connectivity index (χ3v) is 3.62. The Bertz CT molecular complexity index is 440. The van der Waals surface area contributed by atoms with Gasteiger partial charge in [-0.1, -0.05) is 32.8 Å². The van der Waals surface area contributed by atoms with E-state index in [1.807, 2.05) is 13.8 Å². The van der Waals surface area contributed by atoms with Gasteiger partial charge >= 0.3 is 6.18 Å². The van der Waals surface area contributed by atoms with Crippen molar-refractivity contribution in [1.82, 2.24) is 5.43 Å². The molecule has 21 heavy (non-hydrogen) atoms. The Morgan fingerprint density at radius 1 is 1.14 bits per heavy atom. The van der Waals surface area contributed by atoms with Gasteiger partial charge in [0.05, 0.1) is 5.56 Å². The van der Waals surface area contributed by atoms with Gasteiger partial charge in [0.2, 0.25) is 0 Å². The molecule has 0 aliphatic carbocycles. The van der Waals surface area contributed by atoms with Crippen molar-refractivity contribution in [3.63, 3.8) is 0 Å². The molecule has 2 nitrogen and oxygen atoms in total. The molecule has 0 saturated heterocycles. The summed E-state index contributed by atoms with van der Waals surface area (Å²) < 4.78 is 51.8. The van der Waals surface area contributed by atoms with E-state index >= 15 is 0 Å².